The Kier molecular flexibility index (Phi) is 6.95. The van der Waals surface area contributed by atoms with Crippen LogP contribution >= 0.6 is 0 Å². The quantitative estimate of drug-likeness (QED) is 0.291. The molecule has 1 aromatic heterocycles. The van der Waals surface area contributed by atoms with E-state index in [0.29, 0.717) is 16.9 Å². The summed E-state index contributed by atoms with van der Waals surface area (Å²) in [5, 5.41) is 7.46. The highest BCUT2D eigenvalue weighted by atomic mass is 16.2. The third kappa shape index (κ3) is 5.52. The van der Waals surface area contributed by atoms with Crippen molar-refractivity contribution < 1.29 is 9.59 Å². The number of hydrogen-bond donors (Lipinski definition) is 1. The smallest absolute Gasteiger partial charge is 0.265 e. The van der Waals surface area contributed by atoms with E-state index in [9.17, 15) is 9.59 Å². The molecule has 0 radical (unpaired) electrons. The first-order chi connectivity index (χ1) is 18.2. The molecule has 0 fully saturated rings. The summed E-state index contributed by atoms with van der Waals surface area (Å²) in [4.78, 5) is 32.5. The van der Waals surface area contributed by atoms with Gasteiger partial charge in [0, 0.05) is 11.6 Å². The van der Waals surface area contributed by atoms with Crippen LogP contribution in [-0.4, -0.2) is 26.6 Å². The summed E-state index contributed by atoms with van der Waals surface area (Å²) < 4.78 is 1.51. The molecule has 0 bridgehead atoms. The maximum atomic E-state index is 13.6. The largest absolute Gasteiger partial charge is 0.291 e. The van der Waals surface area contributed by atoms with Crippen LogP contribution < -0.4 is 10.2 Å². The Labute approximate surface area is 214 Å². The van der Waals surface area contributed by atoms with Gasteiger partial charge in [0.25, 0.3) is 17.8 Å². The fourth-order valence-electron chi connectivity index (χ4n) is 3.72. The zero-order valence-corrected chi connectivity index (χ0v) is 19.8. The highest BCUT2D eigenvalue weighted by Gasteiger charge is 2.26. The van der Waals surface area contributed by atoms with Gasteiger partial charge in [0.1, 0.15) is 0 Å². The van der Waals surface area contributed by atoms with Gasteiger partial charge in [0.2, 0.25) is 5.95 Å². The maximum absolute atomic E-state index is 13.6. The zero-order chi connectivity index (χ0) is 25.5. The zero-order valence-electron chi connectivity index (χ0n) is 19.8. The second-order valence-electron chi connectivity index (χ2n) is 8.06. The van der Waals surface area contributed by atoms with Crippen molar-refractivity contribution in [3.63, 3.8) is 0 Å². The Morgan fingerprint density at radius 1 is 0.730 bits per heavy atom. The number of benzene rings is 4. The lowest BCUT2D eigenvalue weighted by atomic mass is 10.2. The fourth-order valence-corrected chi connectivity index (χ4v) is 3.72. The van der Waals surface area contributed by atoms with Gasteiger partial charge in [-0.1, -0.05) is 84.9 Å². The van der Waals surface area contributed by atoms with Crippen molar-refractivity contribution in [3.8, 4) is 5.69 Å². The van der Waals surface area contributed by atoms with Crippen molar-refractivity contribution in [3.05, 3.63) is 139 Å². The van der Waals surface area contributed by atoms with Crippen LogP contribution in [0.3, 0.4) is 0 Å². The first kappa shape index (κ1) is 23.4. The van der Waals surface area contributed by atoms with Crippen molar-refractivity contribution >= 4 is 35.5 Å². The van der Waals surface area contributed by atoms with Crippen LogP contribution in [0.15, 0.2) is 127 Å². The summed E-state index contributed by atoms with van der Waals surface area (Å²) in [6, 6.07) is 36.9. The van der Waals surface area contributed by atoms with Gasteiger partial charge in [0.05, 0.1) is 11.4 Å². The fraction of sp³-hybridized carbons (Fsp3) is 0. The first-order valence-electron chi connectivity index (χ1n) is 11.7. The average molecular weight is 486 g/mol. The van der Waals surface area contributed by atoms with E-state index in [0.717, 1.165) is 5.56 Å². The van der Waals surface area contributed by atoms with Crippen LogP contribution in [0.25, 0.3) is 11.8 Å². The lowest BCUT2D eigenvalue weighted by Gasteiger charge is -2.19. The van der Waals surface area contributed by atoms with Gasteiger partial charge in [-0.15, -0.1) is 5.10 Å². The second kappa shape index (κ2) is 11.0. The van der Waals surface area contributed by atoms with Crippen LogP contribution in [0.2, 0.25) is 0 Å². The molecule has 0 spiro atoms. The van der Waals surface area contributed by atoms with Gasteiger partial charge >= 0.3 is 0 Å². The Balaban J connectivity index is 1.55. The number of nitrogens with one attached hydrogen (secondary N) is 1. The number of aromatic nitrogens is 3. The Morgan fingerprint density at radius 3 is 1.95 bits per heavy atom. The molecule has 180 valence electrons. The summed E-state index contributed by atoms with van der Waals surface area (Å²) in [6.45, 7) is 0. The molecule has 1 heterocycles. The minimum atomic E-state index is -0.374. The van der Waals surface area contributed by atoms with Crippen LogP contribution in [0.5, 0.6) is 0 Å². The molecule has 0 saturated carbocycles. The maximum Gasteiger partial charge on any atom is 0.265 e. The topological polar surface area (TPSA) is 80.1 Å². The number of hydrogen-bond acceptors (Lipinski definition) is 4. The molecule has 0 saturated heterocycles. The molecule has 0 aliphatic heterocycles. The molecular formula is C30H23N5O2. The second-order valence-corrected chi connectivity index (χ2v) is 8.06. The van der Waals surface area contributed by atoms with Crippen molar-refractivity contribution in [1.82, 2.24) is 14.8 Å². The monoisotopic (exact) mass is 485 g/mol. The SMILES string of the molecule is O=C(C=Cc1ccccc1)Nc1nc(N(C(=O)c2ccccc2)c2ccccc2)nn1-c1ccccc1. The van der Waals surface area contributed by atoms with Gasteiger partial charge in [-0.2, -0.15) is 9.67 Å². The summed E-state index contributed by atoms with van der Waals surface area (Å²) >= 11 is 0. The van der Waals surface area contributed by atoms with Gasteiger partial charge in [-0.05, 0) is 48.0 Å². The molecule has 37 heavy (non-hydrogen) atoms. The van der Waals surface area contributed by atoms with Crippen LogP contribution in [0.1, 0.15) is 15.9 Å². The molecule has 0 aliphatic rings. The summed E-state index contributed by atoms with van der Waals surface area (Å²) in [5.41, 5.74) is 2.66. The number of amides is 2. The number of rotatable bonds is 7. The van der Waals surface area contributed by atoms with Crippen molar-refractivity contribution in [1.29, 1.82) is 0 Å². The molecule has 0 aliphatic carbocycles. The van der Waals surface area contributed by atoms with E-state index in [1.54, 1.807) is 30.3 Å². The first-order valence-corrected chi connectivity index (χ1v) is 11.7. The van der Waals surface area contributed by atoms with Gasteiger partial charge in [0.15, 0.2) is 0 Å². The molecule has 5 rings (SSSR count). The lowest BCUT2D eigenvalue weighted by molar-refractivity contribution is -0.111. The number of carbonyl (C=O) groups excluding carboxylic acids is 2. The molecule has 0 atom stereocenters. The molecular weight excluding hydrogens is 462 g/mol. The Hall–Kier alpha value is -5.30. The highest BCUT2D eigenvalue weighted by Crippen LogP contribution is 2.27. The summed E-state index contributed by atoms with van der Waals surface area (Å²) in [6.07, 6.45) is 3.15. The molecule has 4 aromatic carbocycles. The summed E-state index contributed by atoms with van der Waals surface area (Å²) in [7, 11) is 0. The Bertz CT molecular complexity index is 1520. The number of carbonyl (C=O) groups is 2. The Morgan fingerprint density at radius 2 is 1.30 bits per heavy atom. The molecule has 5 aromatic rings. The predicted octanol–water partition coefficient (Wildman–Crippen LogP) is 5.90. The van der Waals surface area contributed by atoms with Gasteiger partial charge < -0.3 is 0 Å². The normalized spacial score (nSPS) is 10.8. The van der Waals surface area contributed by atoms with E-state index < -0.39 is 0 Å². The third-order valence-corrected chi connectivity index (χ3v) is 5.50. The van der Waals surface area contributed by atoms with E-state index in [1.165, 1.54) is 15.7 Å². The van der Waals surface area contributed by atoms with Gasteiger partial charge in [-0.3, -0.25) is 14.9 Å². The number of nitrogens with zero attached hydrogens (tertiary/aromatic N) is 4. The predicted molar refractivity (Wildman–Crippen MR) is 145 cm³/mol. The molecule has 0 unspecified atom stereocenters. The van der Waals surface area contributed by atoms with E-state index in [-0.39, 0.29) is 23.7 Å². The standard InChI is InChI=1S/C30H23N5O2/c36-27(22-21-23-13-5-1-6-14-23)31-29-32-30(33-35(29)26-19-11-4-12-20-26)34(25-17-9-3-10-18-25)28(37)24-15-7-2-8-16-24/h1-22H,(H,31,32,33,36). The van der Waals surface area contributed by atoms with Crippen molar-refractivity contribution in [2.24, 2.45) is 0 Å². The molecule has 1 N–H and O–H groups in total. The van der Waals surface area contributed by atoms with Crippen LogP contribution in [0, 0.1) is 0 Å². The molecule has 7 heteroatoms. The summed E-state index contributed by atoms with van der Waals surface area (Å²) in [5.74, 6) is -0.351. The highest BCUT2D eigenvalue weighted by molar-refractivity contribution is 6.10. The van der Waals surface area contributed by atoms with E-state index in [4.69, 9.17) is 0 Å². The van der Waals surface area contributed by atoms with E-state index in [2.05, 4.69) is 15.4 Å². The van der Waals surface area contributed by atoms with Crippen molar-refractivity contribution in [2.75, 3.05) is 10.2 Å². The van der Waals surface area contributed by atoms with Crippen molar-refractivity contribution in [2.45, 2.75) is 0 Å². The lowest BCUT2D eigenvalue weighted by Crippen LogP contribution is -2.27. The molecule has 2 amide bonds. The minimum absolute atomic E-state index is 0.131. The molecule has 7 nitrogen and oxygen atoms in total. The minimum Gasteiger partial charge on any atom is -0.291 e. The van der Waals surface area contributed by atoms with Gasteiger partial charge in [-0.25, -0.2) is 4.90 Å². The number of anilines is 3. The average Bonchev–Trinajstić information content (AvgIpc) is 3.37. The van der Waals surface area contributed by atoms with Crippen LogP contribution in [0.4, 0.5) is 17.6 Å². The van der Waals surface area contributed by atoms with E-state index in [1.807, 2.05) is 97.1 Å². The van der Waals surface area contributed by atoms with Crippen LogP contribution in [-0.2, 0) is 4.79 Å². The number of para-hydroxylation sites is 2. The van der Waals surface area contributed by atoms with E-state index >= 15 is 0 Å². The third-order valence-electron chi connectivity index (χ3n) is 5.50.